The lowest BCUT2D eigenvalue weighted by Crippen LogP contribution is -2.29. The van der Waals surface area contributed by atoms with E-state index in [4.69, 9.17) is 79.8 Å². The molecule has 9 aromatic carbocycles. The SMILES string of the molecule is CCCN(CCO)c1ccc(C(c2ccc(N(CCO)CCO)cc2C)c2ccccc2Cl)c(C)c1.OCCN(CCO)c1ccc(C(c2ccccc2Cl)c2ccc(N(CCO)CCO)cc2Cl)c(Cl)c1.OCCNc1ccc(C(Cl)(c2ccc(Cl)cc2)c2ccc(NCCO)cc2)cc1. The minimum atomic E-state index is -0.893. The Morgan fingerprint density at radius 2 is 0.614 bits per heavy atom. The molecule has 0 aromatic heterocycles. The molecule has 0 heterocycles. The summed E-state index contributed by atoms with van der Waals surface area (Å²) in [6.45, 7) is 11.4. The first kappa shape index (κ1) is 81.5. The van der Waals surface area contributed by atoms with Crippen LogP contribution >= 0.6 is 69.6 Å². The number of benzene rings is 9. The first-order valence-corrected chi connectivity index (χ1v) is 36.1. The zero-order valence-electron chi connectivity index (χ0n) is 57.4. The van der Waals surface area contributed by atoms with Crippen molar-refractivity contribution < 1.29 is 46.0 Å². The second-order valence-electron chi connectivity index (χ2n) is 24.0. The van der Waals surface area contributed by atoms with Gasteiger partial charge in [-0.2, -0.15) is 0 Å². The van der Waals surface area contributed by atoms with Gasteiger partial charge in [0.05, 0.1) is 59.5 Å². The Morgan fingerprint density at radius 1 is 0.327 bits per heavy atom. The molecule has 0 saturated carbocycles. The molecule has 0 radical (unpaired) electrons. The van der Waals surface area contributed by atoms with Crippen LogP contribution in [-0.2, 0) is 4.87 Å². The Balaban J connectivity index is 0.000000214. The molecule has 0 amide bonds. The van der Waals surface area contributed by atoms with Gasteiger partial charge in [0.2, 0.25) is 0 Å². The number of alkyl halides is 1. The molecule has 101 heavy (non-hydrogen) atoms. The lowest BCUT2D eigenvalue weighted by atomic mass is 9.81. The fourth-order valence-corrected chi connectivity index (χ4v) is 14.1. The maximum Gasteiger partial charge on any atom is 0.119 e. The van der Waals surface area contributed by atoms with Gasteiger partial charge in [0, 0.05) is 137 Å². The van der Waals surface area contributed by atoms with Gasteiger partial charge in [0.25, 0.3) is 0 Å². The second kappa shape index (κ2) is 42.1. The topological polar surface area (TPSA) is 219 Å². The van der Waals surface area contributed by atoms with Crippen molar-refractivity contribution in [2.75, 3.05) is 155 Å². The van der Waals surface area contributed by atoms with Crippen molar-refractivity contribution in [2.45, 2.75) is 43.9 Å². The van der Waals surface area contributed by atoms with Crippen molar-refractivity contribution in [3.8, 4) is 0 Å². The van der Waals surface area contributed by atoms with E-state index in [0.29, 0.717) is 79.0 Å². The predicted octanol–water partition coefficient (Wildman–Crippen LogP) is 14.2. The Kier molecular flexibility index (Phi) is 33.9. The van der Waals surface area contributed by atoms with E-state index in [0.717, 1.165) is 102 Å². The predicted molar refractivity (Wildman–Crippen MR) is 420 cm³/mol. The number of halogens is 6. The average Bonchev–Trinajstić information content (AvgIpc) is 0.777. The van der Waals surface area contributed by atoms with Crippen molar-refractivity contribution >= 4 is 104 Å². The van der Waals surface area contributed by atoms with Crippen LogP contribution in [0.2, 0.25) is 25.1 Å². The molecule has 15 nitrogen and oxygen atoms in total. The Morgan fingerprint density at radius 3 is 0.911 bits per heavy atom. The maximum absolute atomic E-state index is 9.54. The van der Waals surface area contributed by atoms with Gasteiger partial charge in [-0.1, -0.05) is 162 Å². The van der Waals surface area contributed by atoms with Gasteiger partial charge >= 0.3 is 0 Å². The third kappa shape index (κ3) is 22.1. The molecule has 9 aromatic rings. The smallest absolute Gasteiger partial charge is 0.119 e. The maximum atomic E-state index is 9.54. The number of anilines is 6. The van der Waals surface area contributed by atoms with E-state index in [1.807, 2.05) is 166 Å². The van der Waals surface area contributed by atoms with Gasteiger partial charge in [-0.25, -0.2) is 0 Å². The first-order chi connectivity index (χ1) is 49.0. The van der Waals surface area contributed by atoms with E-state index >= 15 is 0 Å². The number of aryl methyl sites for hydroxylation is 2. The molecule has 540 valence electrons. The van der Waals surface area contributed by atoms with Crippen LogP contribution in [0.3, 0.4) is 0 Å². The number of nitrogens with zero attached hydrogens (tertiary/aromatic N) is 4. The van der Waals surface area contributed by atoms with Crippen LogP contribution in [-0.4, -0.2) is 171 Å². The molecular weight excluding hydrogens is 1400 g/mol. The molecular formula is C80H94Cl6N6O9. The zero-order chi connectivity index (χ0) is 72.8. The minimum Gasteiger partial charge on any atom is -0.395 e. The lowest BCUT2D eigenvalue weighted by Gasteiger charge is -2.29. The van der Waals surface area contributed by atoms with Crippen LogP contribution in [0.1, 0.15) is 86.4 Å². The van der Waals surface area contributed by atoms with E-state index in [-0.39, 0.29) is 71.3 Å². The number of aliphatic hydroxyl groups excluding tert-OH is 9. The summed E-state index contributed by atoms with van der Waals surface area (Å²) >= 11 is 40.5. The van der Waals surface area contributed by atoms with E-state index in [1.54, 1.807) is 0 Å². The molecule has 0 aliphatic heterocycles. The third-order valence-corrected chi connectivity index (χ3v) is 19.6. The van der Waals surface area contributed by atoms with Crippen LogP contribution in [0, 0.1) is 13.8 Å². The molecule has 1 atom stereocenters. The van der Waals surface area contributed by atoms with E-state index in [9.17, 15) is 35.7 Å². The number of aliphatic hydroxyl groups is 9. The molecule has 0 saturated heterocycles. The van der Waals surface area contributed by atoms with Gasteiger partial charge < -0.3 is 76.2 Å². The monoisotopic (exact) mass is 1490 g/mol. The number of hydrogen-bond donors (Lipinski definition) is 11. The normalized spacial score (nSPS) is 11.5. The van der Waals surface area contributed by atoms with Crippen molar-refractivity contribution in [1.82, 2.24) is 0 Å². The highest BCUT2D eigenvalue weighted by atomic mass is 35.5. The summed E-state index contributed by atoms with van der Waals surface area (Å²) in [5.41, 5.74) is 16.4. The summed E-state index contributed by atoms with van der Waals surface area (Å²) in [5.74, 6) is -0.418. The molecule has 0 fully saturated rings. The summed E-state index contributed by atoms with van der Waals surface area (Å²) in [5, 5.41) is 93.3. The third-order valence-electron chi connectivity index (χ3n) is 17.4. The highest BCUT2D eigenvalue weighted by Crippen LogP contribution is 2.46. The fourth-order valence-electron chi connectivity index (χ4n) is 12.5. The zero-order valence-corrected chi connectivity index (χ0v) is 61.9. The average molecular weight is 1500 g/mol. The van der Waals surface area contributed by atoms with Gasteiger partial charge in [0.1, 0.15) is 4.87 Å². The lowest BCUT2D eigenvalue weighted by molar-refractivity contribution is 0.280. The molecule has 1 unspecified atom stereocenters. The summed E-state index contributed by atoms with van der Waals surface area (Å²) in [7, 11) is 0. The van der Waals surface area contributed by atoms with Crippen molar-refractivity contribution in [3.63, 3.8) is 0 Å². The van der Waals surface area contributed by atoms with Gasteiger partial charge in [-0.15, -0.1) is 11.6 Å². The van der Waals surface area contributed by atoms with Crippen LogP contribution in [0.5, 0.6) is 0 Å². The van der Waals surface area contributed by atoms with Crippen molar-refractivity contribution in [1.29, 1.82) is 0 Å². The van der Waals surface area contributed by atoms with Crippen LogP contribution in [0.15, 0.2) is 194 Å². The standard InChI is InChI=1S/C30H39ClN2O3.C27H31Cl3N2O4.C23H24Cl2N2O2/c1-4-13-32(14-17-34)24-9-11-26(22(2)20-24)30(28-7-5-6-8-29(28)31)27-12-10-25(21-23(27)3)33(15-18-35)16-19-36;28-24-4-2-1-3-21(24)27(22-7-5-19(17-25(22)29)31(9-13-33)10-14-34)23-8-6-20(18-26(23)30)32(11-15-35)12-16-36;24-20-7-1-17(2-8-20)23(25,18-3-9-21(10-4-18)26-13-15-28)19-5-11-22(12-6-19)27-14-16-29/h5-12,20-21,30,34-36H,4,13-19H2,1-3H3;1-8,17-18,27,33-36H,9-16H2;1-12,26-29H,13-16H2. The van der Waals surface area contributed by atoms with Gasteiger partial charge in [-0.3, -0.25) is 0 Å². The quantitative estimate of drug-likeness (QED) is 0.0131. The first-order valence-electron chi connectivity index (χ1n) is 33.9. The summed E-state index contributed by atoms with van der Waals surface area (Å²) < 4.78 is 0. The summed E-state index contributed by atoms with van der Waals surface area (Å²) in [4.78, 5) is 7.04. The number of nitrogens with one attached hydrogen (secondary N) is 2. The van der Waals surface area contributed by atoms with E-state index in [2.05, 4.69) is 78.8 Å². The largest absolute Gasteiger partial charge is 0.395 e. The van der Waals surface area contributed by atoms with Crippen LogP contribution in [0.25, 0.3) is 0 Å². The molecule has 11 N–H and O–H groups in total. The molecule has 0 bridgehead atoms. The molecule has 9 rings (SSSR count). The fraction of sp³-hybridized carbons (Fsp3) is 0.325. The molecule has 0 aliphatic rings. The molecule has 0 aliphatic carbocycles. The van der Waals surface area contributed by atoms with Crippen LogP contribution in [0.4, 0.5) is 34.1 Å². The highest BCUT2D eigenvalue weighted by Gasteiger charge is 2.35. The molecule has 0 spiro atoms. The Hall–Kier alpha value is -6.84. The van der Waals surface area contributed by atoms with E-state index < -0.39 is 4.87 Å². The summed E-state index contributed by atoms with van der Waals surface area (Å²) in [6.07, 6.45) is 1.01. The number of rotatable bonds is 35. The minimum absolute atomic E-state index is 0.0277. The Labute approximate surface area is 624 Å². The van der Waals surface area contributed by atoms with Crippen molar-refractivity contribution in [2.24, 2.45) is 0 Å². The van der Waals surface area contributed by atoms with Crippen molar-refractivity contribution in [3.05, 3.63) is 280 Å². The van der Waals surface area contributed by atoms with Gasteiger partial charge in [-0.05, 0) is 179 Å². The van der Waals surface area contributed by atoms with Gasteiger partial charge in [0.15, 0.2) is 0 Å². The summed E-state index contributed by atoms with van der Waals surface area (Å²) in [6, 6.07) is 63.0. The number of hydrogen-bond acceptors (Lipinski definition) is 15. The Bertz CT molecular complexity index is 3570. The van der Waals surface area contributed by atoms with E-state index in [1.165, 1.54) is 11.1 Å². The van der Waals surface area contributed by atoms with Crippen LogP contribution < -0.4 is 30.2 Å². The highest BCUT2D eigenvalue weighted by molar-refractivity contribution is 6.34. The second-order valence-corrected chi connectivity index (χ2v) is 26.7. The molecule has 21 heteroatoms.